The molecule has 0 bridgehead atoms. The molecule has 1 N–H and O–H groups in total. The van der Waals surface area contributed by atoms with Gasteiger partial charge < -0.3 is 5.11 Å². The molecule has 0 aliphatic heterocycles. The van der Waals surface area contributed by atoms with Crippen LogP contribution in [0.3, 0.4) is 0 Å². The largest absolute Gasteiger partial charge is 0.392 e. The molecule has 0 aliphatic rings. The standard InChI is InChI=1S/C9H10BrNO/c10-4-1-2-9-6-8(7-12)3-5-11-9/h1-3,5-6,12H,4,7H2. The zero-order chi connectivity index (χ0) is 8.81. The molecule has 12 heavy (non-hydrogen) atoms. The Morgan fingerprint density at radius 3 is 3.08 bits per heavy atom. The van der Waals surface area contributed by atoms with Crippen LogP contribution in [0.15, 0.2) is 24.4 Å². The number of aromatic nitrogens is 1. The molecule has 0 aromatic carbocycles. The molecule has 0 saturated heterocycles. The first-order chi connectivity index (χ1) is 5.86. The van der Waals surface area contributed by atoms with E-state index in [0.717, 1.165) is 16.6 Å². The van der Waals surface area contributed by atoms with Crippen LogP contribution in [-0.2, 0) is 6.61 Å². The molecule has 0 unspecified atom stereocenters. The fraction of sp³-hybridized carbons (Fsp3) is 0.222. The SMILES string of the molecule is OCc1ccnc(C=CCBr)c1. The van der Waals surface area contributed by atoms with Crippen molar-refractivity contribution in [3.8, 4) is 0 Å². The number of alkyl halides is 1. The number of hydrogen-bond donors (Lipinski definition) is 1. The van der Waals surface area contributed by atoms with Crippen LogP contribution in [0.1, 0.15) is 11.3 Å². The van der Waals surface area contributed by atoms with Crippen LogP contribution in [-0.4, -0.2) is 15.4 Å². The van der Waals surface area contributed by atoms with Crippen molar-refractivity contribution in [1.29, 1.82) is 0 Å². The lowest BCUT2D eigenvalue weighted by molar-refractivity contribution is 0.281. The van der Waals surface area contributed by atoms with Crippen molar-refractivity contribution < 1.29 is 5.11 Å². The lowest BCUT2D eigenvalue weighted by atomic mass is 10.2. The van der Waals surface area contributed by atoms with Gasteiger partial charge in [-0.25, -0.2) is 0 Å². The van der Waals surface area contributed by atoms with Crippen molar-refractivity contribution >= 4 is 22.0 Å². The van der Waals surface area contributed by atoms with Crippen molar-refractivity contribution in [1.82, 2.24) is 4.98 Å². The Morgan fingerprint density at radius 1 is 1.58 bits per heavy atom. The summed E-state index contributed by atoms with van der Waals surface area (Å²) >= 11 is 3.28. The van der Waals surface area contributed by atoms with Crippen molar-refractivity contribution in [2.24, 2.45) is 0 Å². The van der Waals surface area contributed by atoms with Crippen LogP contribution in [0.25, 0.3) is 6.08 Å². The second-order valence-electron chi connectivity index (χ2n) is 2.30. The first-order valence-electron chi connectivity index (χ1n) is 3.65. The molecule has 64 valence electrons. The predicted octanol–water partition coefficient (Wildman–Crippen LogP) is 1.98. The minimum atomic E-state index is 0.0671. The number of allylic oxidation sites excluding steroid dienone is 1. The molecule has 2 nitrogen and oxygen atoms in total. The van der Waals surface area contributed by atoms with Gasteiger partial charge in [0.1, 0.15) is 0 Å². The normalized spacial score (nSPS) is 10.8. The van der Waals surface area contributed by atoms with Crippen molar-refractivity contribution in [2.45, 2.75) is 6.61 Å². The quantitative estimate of drug-likeness (QED) is 0.802. The summed E-state index contributed by atoms with van der Waals surface area (Å²) in [5.41, 5.74) is 1.76. The van der Waals surface area contributed by atoms with Gasteiger partial charge in [0, 0.05) is 11.5 Å². The fourth-order valence-electron chi connectivity index (χ4n) is 0.849. The van der Waals surface area contributed by atoms with Crippen LogP contribution in [0, 0.1) is 0 Å². The van der Waals surface area contributed by atoms with E-state index in [0.29, 0.717) is 0 Å². The molecule has 0 spiro atoms. The Hall–Kier alpha value is -0.670. The predicted molar refractivity (Wildman–Crippen MR) is 53.0 cm³/mol. The molecule has 0 fully saturated rings. The van der Waals surface area contributed by atoms with E-state index in [2.05, 4.69) is 20.9 Å². The van der Waals surface area contributed by atoms with Gasteiger partial charge in [0.05, 0.1) is 12.3 Å². The van der Waals surface area contributed by atoms with Gasteiger partial charge in [-0.2, -0.15) is 0 Å². The molecule has 1 heterocycles. The molecule has 1 aromatic heterocycles. The molecule has 0 amide bonds. The lowest BCUT2D eigenvalue weighted by Gasteiger charge is -1.96. The number of hydrogen-bond acceptors (Lipinski definition) is 2. The number of aliphatic hydroxyl groups is 1. The molecule has 1 aromatic rings. The second kappa shape index (κ2) is 5.06. The molecule has 0 saturated carbocycles. The fourth-order valence-corrected chi connectivity index (χ4v) is 1.04. The molecule has 0 radical (unpaired) electrons. The average Bonchev–Trinajstić information content (AvgIpc) is 2.15. The van der Waals surface area contributed by atoms with Crippen LogP contribution in [0.4, 0.5) is 0 Å². The monoisotopic (exact) mass is 227 g/mol. The summed E-state index contributed by atoms with van der Waals surface area (Å²) in [7, 11) is 0. The summed E-state index contributed by atoms with van der Waals surface area (Å²) < 4.78 is 0. The van der Waals surface area contributed by atoms with Gasteiger partial charge in [0.25, 0.3) is 0 Å². The molecule has 0 aliphatic carbocycles. The smallest absolute Gasteiger partial charge is 0.0683 e. The Kier molecular flexibility index (Phi) is 3.97. The van der Waals surface area contributed by atoms with Gasteiger partial charge in [0.15, 0.2) is 0 Å². The second-order valence-corrected chi connectivity index (χ2v) is 2.95. The van der Waals surface area contributed by atoms with E-state index < -0.39 is 0 Å². The van der Waals surface area contributed by atoms with Gasteiger partial charge in [-0.05, 0) is 23.8 Å². The molecule has 3 heteroatoms. The van der Waals surface area contributed by atoms with Crippen LogP contribution < -0.4 is 0 Å². The van der Waals surface area contributed by atoms with Crippen LogP contribution in [0.5, 0.6) is 0 Å². The minimum Gasteiger partial charge on any atom is -0.392 e. The van der Waals surface area contributed by atoms with E-state index in [1.165, 1.54) is 0 Å². The lowest BCUT2D eigenvalue weighted by Crippen LogP contribution is -1.86. The highest BCUT2D eigenvalue weighted by molar-refractivity contribution is 9.09. The average molecular weight is 228 g/mol. The van der Waals surface area contributed by atoms with Gasteiger partial charge in [-0.15, -0.1) is 0 Å². The summed E-state index contributed by atoms with van der Waals surface area (Å²) in [6.45, 7) is 0.0671. The summed E-state index contributed by atoms with van der Waals surface area (Å²) in [5, 5.41) is 9.64. The number of halogens is 1. The van der Waals surface area contributed by atoms with Crippen molar-refractivity contribution in [3.05, 3.63) is 35.7 Å². The topological polar surface area (TPSA) is 33.1 Å². The van der Waals surface area contributed by atoms with E-state index in [-0.39, 0.29) is 6.61 Å². The van der Waals surface area contributed by atoms with Crippen molar-refractivity contribution in [2.75, 3.05) is 5.33 Å². The molecule has 0 atom stereocenters. The Bertz CT molecular complexity index is 273. The number of nitrogens with zero attached hydrogens (tertiary/aromatic N) is 1. The van der Waals surface area contributed by atoms with Gasteiger partial charge >= 0.3 is 0 Å². The van der Waals surface area contributed by atoms with Gasteiger partial charge in [0.2, 0.25) is 0 Å². The number of aliphatic hydroxyl groups excluding tert-OH is 1. The first kappa shape index (κ1) is 9.42. The first-order valence-corrected chi connectivity index (χ1v) is 4.77. The number of pyridine rings is 1. The minimum absolute atomic E-state index is 0.0671. The summed E-state index contributed by atoms with van der Waals surface area (Å²) in [6.07, 6.45) is 5.57. The van der Waals surface area contributed by atoms with Gasteiger partial charge in [-0.1, -0.05) is 22.0 Å². The van der Waals surface area contributed by atoms with E-state index in [4.69, 9.17) is 5.11 Å². The van der Waals surface area contributed by atoms with Crippen molar-refractivity contribution in [3.63, 3.8) is 0 Å². The molecular formula is C9H10BrNO. The third-order valence-electron chi connectivity index (χ3n) is 1.41. The maximum atomic E-state index is 8.83. The highest BCUT2D eigenvalue weighted by atomic mass is 79.9. The Balaban J connectivity index is 2.79. The van der Waals surface area contributed by atoms with E-state index in [1.54, 1.807) is 12.3 Å². The summed E-state index contributed by atoms with van der Waals surface area (Å²) in [4.78, 5) is 4.11. The molecular weight excluding hydrogens is 218 g/mol. The Labute approximate surface area is 80.1 Å². The zero-order valence-corrected chi connectivity index (χ0v) is 8.16. The van der Waals surface area contributed by atoms with E-state index in [1.807, 2.05) is 18.2 Å². The van der Waals surface area contributed by atoms with E-state index in [9.17, 15) is 0 Å². The third-order valence-corrected chi connectivity index (χ3v) is 1.78. The maximum Gasteiger partial charge on any atom is 0.0683 e. The third kappa shape index (κ3) is 2.75. The highest BCUT2D eigenvalue weighted by Crippen LogP contribution is 2.03. The maximum absolute atomic E-state index is 8.83. The van der Waals surface area contributed by atoms with Gasteiger partial charge in [-0.3, -0.25) is 4.98 Å². The Morgan fingerprint density at radius 2 is 2.42 bits per heavy atom. The van der Waals surface area contributed by atoms with Crippen LogP contribution in [0.2, 0.25) is 0 Å². The zero-order valence-electron chi connectivity index (χ0n) is 6.57. The number of rotatable bonds is 3. The summed E-state index contributed by atoms with van der Waals surface area (Å²) in [6, 6.07) is 3.66. The molecule has 1 rings (SSSR count). The highest BCUT2D eigenvalue weighted by Gasteiger charge is 1.91. The van der Waals surface area contributed by atoms with Crippen LogP contribution >= 0.6 is 15.9 Å². The van der Waals surface area contributed by atoms with E-state index >= 15 is 0 Å². The summed E-state index contributed by atoms with van der Waals surface area (Å²) in [5.74, 6) is 0.